The van der Waals surface area contributed by atoms with Crippen molar-refractivity contribution in [3.63, 3.8) is 0 Å². The van der Waals surface area contributed by atoms with E-state index in [9.17, 15) is 4.79 Å². The van der Waals surface area contributed by atoms with Crippen molar-refractivity contribution in [3.8, 4) is 0 Å². The largest absolute Gasteiger partial charge is 0.301 e. The van der Waals surface area contributed by atoms with Crippen molar-refractivity contribution < 1.29 is 0 Å². The second-order valence-electron chi connectivity index (χ2n) is 4.45. The first-order valence-electron chi connectivity index (χ1n) is 6.06. The van der Waals surface area contributed by atoms with Crippen molar-refractivity contribution in [2.24, 2.45) is 0 Å². The van der Waals surface area contributed by atoms with E-state index < -0.39 is 0 Å². The lowest BCUT2D eigenvalue weighted by Crippen LogP contribution is -2.14. The lowest BCUT2D eigenvalue weighted by molar-refractivity contribution is 0.869. The number of aromatic nitrogens is 3. The molecule has 0 fully saturated rings. The number of H-pyrrole nitrogens is 1. The molecule has 1 N–H and O–H groups in total. The van der Waals surface area contributed by atoms with Crippen LogP contribution in [0, 0.1) is 0 Å². The van der Waals surface area contributed by atoms with E-state index in [1.165, 1.54) is 11.8 Å². The Hall–Kier alpha value is -1.33. The van der Waals surface area contributed by atoms with Crippen LogP contribution in [0.2, 0.25) is 5.02 Å². The molecule has 0 atom stereocenters. The Balaban J connectivity index is 1.77. The molecule has 0 aromatic carbocycles. The highest BCUT2D eigenvalue weighted by Crippen LogP contribution is 2.22. The van der Waals surface area contributed by atoms with Gasteiger partial charge in [0.15, 0.2) is 5.16 Å². The number of pyridine rings is 1. The van der Waals surface area contributed by atoms with Gasteiger partial charge in [-0.1, -0.05) is 23.4 Å². The van der Waals surface area contributed by atoms with E-state index in [2.05, 4.69) is 15.0 Å². The zero-order chi connectivity index (χ0) is 13.2. The van der Waals surface area contributed by atoms with Gasteiger partial charge >= 0.3 is 0 Å². The highest BCUT2D eigenvalue weighted by Gasteiger charge is 2.17. The van der Waals surface area contributed by atoms with Crippen molar-refractivity contribution in [2.45, 2.75) is 30.2 Å². The monoisotopic (exact) mass is 293 g/mol. The predicted molar refractivity (Wildman–Crippen MR) is 75.7 cm³/mol. The molecule has 4 nitrogen and oxygen atoms in total. The summed E-state index contributed by atoms with van der Waals surface area (Å²) < 4.78 is 0. The first kappa shape index (κ1) is 12.7. The van der Waals surface area contributed by atoms with Gasteiger partial charge in [0.2, 0.25) is 0 Å². The van der Waals surface area contributed by atoms with Crippen molar-refractivity contribution in [2.75, 3.05) is 0 Å². The molecule has 0 saturated heterocycles. The Kier molecular flexibility index (Phi) is 3.57. The molecule has 98 valence electrons. The number of aromatic amines is 1. The van der Waals surface area contributed by atoms with Crippen LogP contribution in [0.5, 0.6) is 0 Å². The fourth-order valence-corrected chi connectivity index (χ4v) is 3.17. The number of nitrogens with one attached hydrogen (secondary N) is 1. The lowest BCUT2D eigenvalue weighted by Gasteiger charge is -2.04. The highest BCUT2D eigenvalue weighted by molar-refractivity contribution is 7.98. The van der Waals surface area contributed by atoms with Crippen LogP contribution in [0.1, 0.15) is 23.2 Å². The molecule has 0 unspecified atom stereocenters. The Morgan fingerprint density at radius 1 is 1.37 bits per heavy atom. The maximum Gasteiger partial charge on any atom is 0.254 e. The van der Waals surface area contributed by atoms with Crippen molar-refractivity contribution in [3.05, 3.63) is 50.7 Å². The van der Waals surface area contributed by atoms with Crippen molar-refractivity contribution >= 4 is 23.4 Å². The maximum atomic E-state index is 11.9. The number of thioether (sulfide) groups is 1. The van der Waals surface area contributed by atoms with Crippen LogP contribution in [-0.4, -0.2) is 15.0 Å². The number of hydrogen-bond acceptors (Lipinski definition) is 4. The smallest absolute Gasteiger partial charge is 0.254 e. The Morgan fingerprint density at radius 3 is 3.11 bits per heavy atom. The Labute approximate surface area is 119 Å². The molecule has 0 amide bonds. The second-order valence-corrected chi connectivity index (χ2v) is 5.85. The van der Waals surface area contributed by atoms with Crippen LogP contribution in [0.4, 0.5) is 0 Å². The molecule has 2 aromatic rings. The first-order chi connectivity index (χ1) is 9.22. The molecule has 0 bridgehead atoms. The van der Waals surface area contributed by atoms with Gasteiger partial charge < -0.3 is 4.98 Å². The third-order valence-electron chi connectivity index (χ3n) is 3.06. The summed E-state index contributed by atoms with van der Waals surface area (Å²) in [5.74, 6) is 0.690. The fourth-order valence-electron chi connectivity index (χ4n) is 2.17. The molecular weight excluding hydrogens is 282 g/mol. The predicted octanol–water partition coefficient (Wildman–Crippen LogP) is 2.60. The Bertz CT molecular complexity index is 671. The number of aryl methyl sites for hydroxylation is 1. The van der Waals surface area contributed by atoms with Gasteiger partial charge in [0.1, 0.15) is 0 Å². The van der Waals surface area contributed by atoms with Gasteiger partial charge in [0.05, 0.1) is 10.7 Å². The quantitative estimate of drug-likeness (QED) is 0.698. The normalized spacial score (nSPS) is 13.5. The second kappa shape index (κ2) is 5.35. The van der Waals surface area contributed by atoms with Crippen LogP contribution >= 0.6 is 23.4 Å². The number of rotatable bonds is 3. The average molecular weight is 294 g/mol. The standard InChI is InChI=1S/C13H12ClN3OS/c14-9-4-8(5-15-6-9)7-19-13-16-11-3-1-2-10(11)12(18)17-13/h4-6H,1-3,7H2,(H,16,17,18). The molecule has 1 aliphatic carbocycles. The van der Waals surface area contributed by atoms with E-state index in [1.807, 2.05) is 6.07 Å². The summed E-state index contributed by atoms with van der Waals surface area (Å²) in [5, 5.41) is 1.29. The summed E-state index contributed by atoms with van der Waals surface area (Å²) in [5.41, 5.74) is 2.83. The van der Waals surface area contributed by atoms with Crippen LogP contribution in [0.25, 0.3) is 0 Å². The van der Waals surface area contributed by atoms with Crippen molar-refractivity contribution in [1.82, 2.24) is 15.0 Å². The van der Waals surface area contributed by atoms with Crippen LogP contribution in [-0.2, 0) is 18.6 Å². The summed E-state index contributed by atoms with van der Waals surface area (Å²) in [6.07, 6.45) is 6.15. The minimum atomic E-state index is 0.00854. The van der Waals surface area contributed by atoms with E-state index in [0.717, 1.165) is 36.1 Å². The minimum absolute atomic E-state index is 0.00854. The fraction of sp³-hybridized carbons (Fsp3) is 0.308. The van der Waals surface area contributed by atoms with E-state index in [1.54, 1.807) is 12.4 Å². The molecule has 2 heterocycles. The summed E-state index contributed by atoms with van der Waals surface area (Å²) in [6, 6.07) is 1.87. The van der Waals surface area contributed by atoms with Crippen LogP contribution in [0.15, 0.2) is 28.4 Å². The number of nitrogens with zero attached hydrogens (tertiary/aromatic N) is 2. The molecular formula is C13H12ClN3OS. The third-order valence-corrected chi connectivity index (χ3v) is 4.21. The number of hydrogen-bond donors (Lipinski definition) is 1. The van der Waals surface area contributed by atoms with Gasteiger partial charge in [-0.2, -0.15) is 0 Å². The van der Waals surface area contributed by atoms with Gasteiger partial charge in [-0.15, -0.1) is 0 Å². The molecule has 0 radical (unpaired) electrons. The highest BCUT2D eigenvalue weighted by atomic mass is 35.5. The lowest BCUT2D eigenvalue weighted by atomic mass is 10.3. The molecule has 0 saturated carbocycles. The van der Waals surface area contributed by atoms with Crippen LogP contribution in [0.3, 0.4) is 0 Å². The third kappa shape index (κ3) is 2.82. The summed E-state index contributed by atoms with van der Waals surface area (Å²) in [4.78, 5) is 23.2. The summed E-state index contributed by atoms with van der Waals surface area (Å²) >= 11 is 7.38. The van der Waals surface area contributed by atoms with Gasteiger partial charge in [-0.25, -0.2) is 4.98 Å². The molecule has 1 aliphatic rings. The molecule has 6 heteroatoms. The average Bonchev–Trinajstić information content (AvgIpc) is 2.85. The summed E-state index contributed by atoms with van der Waals surface area (Å²) in [7, 11) is 0. The topological polar surface area (TPSA) is 58.6 Å². The van der Waals surface area contributed by atoms with Gasteiger partial charge in [0.25, 0.3) is 5.56 Å². The van der Waals surface area contributed by atoms with E-state index in [0.29, 0.717) is 15.9 Å². The zero-order valence-corrected chi connectivity index (χ0v) is 11.7. The number of fused-ring (bicyclic) bond motifs is 1. The number of halogens is 1. The first-order valence-corrected chi connectivity index (χ1v) is 7.43. The Morgan fingerprint density at radius 2 is 2.26 bits per heavy atom. The molecule has 0 aliphatic heterocycles. The van der Waals surface area contributed by atoms with E-state index in [4.69, 9.17) is 11.6 Å². The zero-order valence-electron chi connectivity index (χ0n) is 10.1. The SMILES string of the molecule is O=c1[nH]c(SCc2cncc(Cl)c2)nc2c1CCC2. The molecule has 19 heavy (non-hydrogen) atoms. The van der Waals surface area contributed by atoms with Crippen LogP contribution < -0.4 is 5.56 Å². The van der Waals surface area contributed by atoms with E-state index >= 15 is 0 Å². The summed E-state index contributed by atoms with van der Waals surface area (Å²) in [6.45, 7) is 0. The van der Waals surface area contributed by atoms with Crippen molar-refractivity contribution in [1.29, 1.82) is 0 Å². The molecule has 2 aromatic heterocycles. The van der Waals surface area contributed by atoms with Gasteiger partial charge in [-0.05, 0) is 30.9 Å². The van der Waals surface area contributed by atoms with E-state index in [-0.39, 0.29) is 5.56 Å². The van der Waals surface area contributed by atoms with Gasteiger partial charge in [-0.3, -0.25) is 9.78 Å². The van der Waals surface area contributed by atoms with Gasteiger partial charge in [0, 0.05) is 23.7 Å². The molecule has 3 rings (SSSR count). The maximum absolute atomic E-state index is 11.9. The molecule has 0 spiro atoms. The minimum Gasteiger partial charge on any atom is -0.301 e.